The van der Waals surface area contributed by atoms with E-state index in [1.807, 2.05) is 6.92 Å². The van der Waals surface area contributed by atoms with Gasteiger partial charge in [0.1, 0.15) is 12.4 Å². The zero-order valence-electron chi connectivity index (χ0n) is 18.3. The van der Waals surface area contributed by atoms with Crippen LogP contribution in [0.2, 0.25) is 0 Å². The summed E-state index contributed by atoms with van der Waals surface area (Å²) in [6, 6.07) is 14.1. The summed E-state index contributed by atoms with van der Waals surface area (Å²) in [6.45, 7) is 2.10. The van der Waals surface area contributed by atoms with E-state index in [0.717, 1.165) is 10.5 Å². The molecule has 0 fully saturated rings. The largest absolute Gasteiger partial charge is 0.491 e. The molecular formula is C24H28BrNO7. The number of carbonyl (C=O) groups excluding carboxylic acids is 1. The lowest BCUT2D eigenvalue weighted by molar-refractivity contribution is -0.131. The smallest absolute Gasteiger partial charge is 0.412 e. The van der Waals surface area contributed by atoms with Gasteiger partial charge in [-0.25, -0.2) is 9.59 Å². The van der Waals surface area contributed by atoms with Gasteiger partial charge < -0.3 is 24.4 Å². The van der Waals surface area contributed by atoms with Gasteiger partial charge in [0.15, 0.2) is 6.10 Å². The minimum atomic E-state index is -1.03. The van der Waals surface area contributed by atoms with E-state index >= 15 is 0 Å². The Balaban J connectivity index is 2.29. The van der Waals surface area contributed by atoms with Gasteiger partial charge in [-0.05, 0) is 50.1 Å². The highest BCUT2D eigenvalue weighted by Crippen LogP contribution is 2.34. The molecule has 0 saturated carbocycles. The maximum Gasteiger partial charge on any atom is 0.412 e. The van der Waals surface area contributed by atoms with Crippen LogP contribution in [0.1, 0.15) is 31.4 Å². The Bertz CT molecular complexity index is 917. The fourth-order valence-corrected chi connectivity index (χ4v) is 3.38. The van der Waals surface area contributed by atoms with Gasteiger partial charge in [-0.15, -0.1) is 0 Å². The molecule has 0 aromatic heterocycles. The number of carboxylic acid groups (broad SMARTS) is 1. The van der Waals surface area contributed by atoms with Crippen LogP contribution in [0.3, 0.4) is 0 Å². The Morgan fingerprint density at radius 3 is 2.55 bits per heavy atom. The highest BCUT2D eigenvalue weighted by molar-refractivity contribution is 9.10. The monoisotopic (exact) mass is 521 g/mol. The molecule has 0 aliphatic rings. The topological polar surface area (TPSA) is 114 Å². The van der Waals surface area contributed by atoms with Crippen LogP contribution in [0.5, 0.6) is 5.75 Å². The molecule has 2 atom stereocenters. The Kier molecular flexibility index (Phi) is 11.4. The van der Waals surface area contributed by atoms with E-state index in [0.29, 0.717) is 36.4 Å². The van der Waals surface area contributed by atoms with Crippen LogP contribution in [0, 0.1) is 0 Å². The van der Waals surface area contributed by atoms with Crippen LogP contribution in [-0.4, -0.2) is 48.2 Å². The highest BCUT2D eigenvalue weighted by atomic mass is 79.9. The number of rotatable bonds is 13. The number of anilines is 1. The average Bonchev–Trinajstić information content (AvgIpc) is 2.80. The van der Waals surface area contributed by atoms with Crippen LogP contribution < -0.4 is 10.1 Å². The molecule has 0 spiro atoms. The molecule has 2 rings (SSSR count). The molecule has 0 heterocycles. The Hall–Kier alpha value is -2.88. The van der Waals surface area contributed by atoms with Gasteiger partial charge in [0.25, 0.3) is 0 Å². The standard InChI is InChI=1S/C24H28BrNO7/c1-2-31-21(9-5-6-10-22(28)29)23(19-7-3-4-8-20(19)32-16-15-27)33-24(30)26-18-13-11-17(25)12-14-18/h3-4,6-8,10-14,21,23,27H,2,5,9,15-16H2,1H3,(H,26,30)(H,28,29)/b10-6+/t21-,23-/m0/s1. The first-order chi connectivity index (χ1) is 15.9. The first-order valence-electron chi connectivity index (χ1n) is 10.5. The van der Waals surface area contributed by atoms with E-state index in [-0.39, 0.29) is 13.2 Å². The van der Waals surface area contributed by atoms with E-state index in [4.69, 9.17) is 24.4 Å². The number of carbonyl (C=O) groups is 2. The number of amides is 1. The number of benzene rings is 2. The van der Waals surface area contributed by atoms with E-state index < -0.39 is 24.3 Å². The number of para-hydroxylation sites is 1. The first kappa shape index (κ1) is 26.4. The molecule has 2 aromatic carbocycles. The van der Waals surface area contributed by atoms with Gasteiger partial charge in [-0.2, -0.15) is 0 Å². The molecule has 33 heavy (non-hydrogen) atoms. The van der Waals surface area contributed by atoms with Gasteiger partial charge in [0, 0.05) is 28.4 Å². The van der Waals surface area contributed by atoms with Crippen molar-refractivity contribution in [1.82, 2.24) is 0 Å². The summed E-state index contributed by atoms with van der Waals surface area (Å²) < 4.78 is 18.2. The number of carboxylic acids is 1. The molecule has 0 unspecified atom stereocenters. The molecule has 0 aliphatic heterocycles. The summed E-state index contributed by atoms with van der Waals surface area (Å²) in [5, 5.41) is 20.7. The molecule has 0 radical (unpaired) electrons. The third kappa shape index (κ3) is 9.25. The maximum absolute atomic E-state index is 12.8. The fraction of sp³-hybridized carbons (Fsp3) is 0.333. The third-order valence-corrected chi connectivity index (χ3v) is 5.02. The summed E-state index contributed by atoms with van der Waals surface area (Å²) >= 11 is 3.35. The van der Waals surface area contributed by atoms with Gasteiger partial charge in [-0.3, -0.25) is 5.32 Å². The number of halogens is 1. The molecule has 1 amide bonds. The highest BCUT2D eigenvalue weighted by Gasteiger charge is 2.30. The minimum Gasteiger partial charge on any atom is -0.491 e. The zero-order valence-corrected chi connectivity index (χ0v) is 19.9. The van der Waals surface area contributed by atoms with Gasteiger partial charge >= 0.3 is 12.1 Å². The van der Waals surface area contributed by atoms with Crippen molar-refractivity contribution in [1.29, 1.82) is 0 Å². The summed E-state index contributed by atoms with van der Waals surface area (Å²) in [5.74, 6) is -0.578. The predicted molar refractivity (Wildman–Crippen MR) is 127 cm³/mol. The molecule has 0 saturated heterocycles. The molecule has 0 aliphatic carbocycles. The average molecular weight is 522 g/mol. The maximum atomic E-state index is 12.8. The molecule has 178 valence electrons. The molecule has 0 bridgehead atoms. The van der Waals surface area contributed by atoms with Crippen molar-refractivity contribution in [2.24, 2.45) is 0 Å². The number of hydrogen-bond donors (Lipinski definition) is 3. The summed E-state index contributed by atoms with van der Waals surface area (Å²) in [6.07, 6.45) is 1.33. The lowest BCUT2D eigenvalue weighted by Gasteiger charge is -2.28. The summed E-state index contributed by atoms with van der Waals surface area (Å²) in [5.41, 5.74) is 1.14. The zero-order chi connectivity index (χ0) is 24.1. The number of aliphatic carboxylic acids is 1. The lowest BCUT2D eigenvalue weighted by atomic mass is 9.99. The number of ether oxygens (including phenoxy) is 3. The number of hydrogen-bond acceptors (Lipinski definition) is 6. The Labute approximate surface area is 201 Å². The fourth-order valence-electron chi connectivity index (χ4n) is 3.12. The number of aliphatic hydroxyl groups is 1. The van der Waals surface area contributed by atoms with E-state index in [9.17, 15) is 9.59 Å². The third-order valence-electron chi connectivity index (χ3n) is 4.50. The van der Waals surface area contributed by atoms with E-state index in [1.54, 1.807) is 48.5 Å². The minimum absolute atomic E-state index is 0.0788. The number of aliphatic hydroxyl groups excluding tert-OH is 1. The summed E-state index contributed by atoms with van der Waals surface area (Å²) in [7, 11) is 0. The number of nitrogens with one attached hydrogen (secondary N) is 1. The molecule has 2 aromatic rings. The van der Waals surface area contributed by atoms with Crippen molar-refractivity contribution in [3.63, 3.8) is 0 Å². The molecule has 3 N–H and O–H groups in total. The molecule has 9 heteroatoms. The van der Waals surface area contributed by atoms with Gasteiger partial charge in [-0.1, -0.05) is 40.2 Å². The van der Waals surface area contributed by atoms with Crippen LogP contribution in [0.25, 0.3) is 0 Å². The van der Waals surface area contributed by atoms with Gasteiger partial charge in [0.05, 0.1) is 12.7 Å². The van der Waals surface area contributed by atoms with Gasteiger partial charge in [0.2, 0.25) is 0 Å². The van der Waals surface area contributed by atoms with Crippen LogP contribution in [-0.2, 0) is 14.3 Å². The van der Waals surface area contributed by atoms with E-state index in [2.05, 4.69) is 21.2 Å². The second-order valence-corrected chi connectivity index (χ2v) is 7.80. The second kappa shape index (κ2) is 14.3. The van der Waals surface area contributed by atoms with Crippen molar-refractivity contribution >= 4 is 33.7 Å². The predicted octanol–water partition coefficient (Wildman–Crippen LogP) is 4.94. The van der Waals surface area contributed by atoms with Crippen molar-refractivity contribution in [2.45, 2.75) is 32.0 Å². The van der Waals surface area contributed by atoms with Crippen molar-refractivity contribution in [3.8, 4) is 5.75 Å². The number of allylic oxidation sites excluding steroid dienone is 1. The normalized spacial score (nSPS) is 12.8. The lowest BCUT2D eigenvalue weighted by Crippen LogP contribution is -2.29. The van der Waals surface area contributed by atoms with Crippen LogP contribution in [0.4, 0.5) is 10.5 Å². The quantitative estimate of drug-likeness (QED) is 0.320. The van der Waals surface area contributed by atoms with Crippen LogP contribution in [0.15, 0.2) is 65.2 Å². The molecule has 8 nitrogen and oxygen atoms in total. The Morgan fingerprint density at radius 1 is 1.15 bits per heavy atom. The SMILES string of the molecule is CCO[C@@H](CC/C=C/C(=O)O)[C@@H](OC(=O)Nc1ccc(Br)cc1)c1ccccc1OCCO. The second-order valence-electron chi connectivity index (χ2n) is 6.88. The van der Waals surface area contributed by atoms with Crippen molar-refractivity contribution < 1.29 is 34.0 Å². The van der Waals surface area contributed by atoms with Crippen molar-refractivity contribution in [3.05, 3.63) is 70.7 Å². The Morgan fingerprint density at radius 2 is 1.88 bits per heavy atom. The van der Waals surface area contributed by atoms with E-state index in [1.165, 1.54) is 6.08 Å². The van der Waals surface area contributed by atoms with Crippen molar-refractivity contribution in [2.75, 3.05) is 25.1 Å². The summed E-state index contributed by atoms with van der Waals surface area (Å²) in [4.78, 5) is 23.5. The van der Waals surface area contributed by atoms with Crippen LogP contribution >= 0.6 is 15.9 Å². The molecular weight excluding hydrogens is 494 g/mol. The first-order valence-corrected chi connectivity index (χ1v) is 11.3.